The topological polar surface area (TPSA) is 49.3 Å². The molecule has 0 bridgehead atoms. The summed E-state index contributed by atoms with van der Waals surface area (Å²) in [5, 5.41) is 11.9. The van der Waals surface area contributed by atoms with Crippen LogP contribution in [-0.4, -0.2) is 23.7 Å². The van der Waals surface area contributed by atoms with Crippen LogP contribution in [0.25, 0.3) is 0 Å². The van der Waals surface area contributed by atoms with Crippen LogP contribution in [0.5, 0.6) is 0 Å². The van der Waals surface area contributed by atoms with Gasteiger partial charge >= 0.3 is 0 Å². The molecule has 1 amide bonds. The highest BCUT2D eigenvalue weighted by Gasteiger charge is 2.25. The minimum Gasteiger partial charge on any atom is -0.394 e. The van der Waals surface area contributed by atoms with Crippen molar-refractivity contribution in [2.75, 3.05) is 6.61 Å². The molecule has 3 nitrogen and oxygen atoms in total. The van der Waals surface area contributed by atoms with E-state index < -0.39 is 0 Å². The normalized spacial score (nSPS) is 28.5. The van der Waals surface area contributed by atoms with Gasteiger partial charge < -0.3 is 10.4 Å². The monoisotopic (exact) mass is 213 g/mol. The predicted octanol–water partition coefficient (Wildman–Crippen LogP) is 1.70. The molecular weight excluding hydrogens is 190 g/mol. The number of carbonyl (C=O) groups excluding carboxylic acids is 1. The molecule has 1 rings (SSSR count). The molecule has 3 heteroatoms. The largest absolute Gasteiger partial charge is 0.394 e. The molecule has 0 aromatic rings. The Morgan fingerprint density at radius 2 is 2.00 bits per heavy atom. The molecule has 0 aromatic heterocycles. The minimum atomic E-state index is -0.0585. The molecule has 15 heavy (non-hydrogen) atoms. The SMILES string of the molecule is CC[C@H](CO)NC(=O)C1CCC(C)CC1. The molecule has 1 saturated carbocycles. The molecular formula is C12H23NO2. The average molecular weight is 213 g/mol. The lowest BCUT2D eigenvalue weighted by Crippen LogP contribution is -2.41. The second-order valence-corrected chi connectivity index (χ2v) is 4.75. The molecule has 0 aliphatic heterocycles. The summed E-state index contributed by atoms with van der Waals surface area (Å²) in [6.07, 6.45) is 5.14. The third-order valence-electron chi connectivity index (χ3n) is 3.45. The van der Waals surface area contributed by atoms with Gasteiger partial charge in [0.15, 0.2) is 0 Å². The molecule has 0 radical (unpaired) electrons. The van der Waals surface area contributed by atoms with Gasteiger partial charge in [-0.2, -0.15) is 0 Å². The number of carbonyl (C=O) groups is 1. The maximum absolute atomic E-state index is 11.8. The van der Waals surface area contributed by atoms with Crippen molar-refractivity contribution in [2.45, 2.75) is 52.0 Å². The Labute approximate surface area is 92.3 Å². The van der Waals surface area contributed by atoms with E-state index in [9.17, 15) is 4.79 Å². The molecule has 88 valence electrons. The van der Waals surface area contributed by atoms with Crippen LogP contribution < -0.4 is 5.32 Å². The van der Waals surface area contributed by atoms with Crippen LogP contribution in [0.1, 0.15) is 46.0 Å². The van der Waals surface area contributed by atoms with Crippen LogP contribution >= 0.6 is 0 Å². The fourth-order valence-electron chi connectivity index (χ4n) is 2.12. The lowest BCUT2D eigenvalue weighted by atomic mass is 9.82. The summed E-state index contributed by atoms with van der Waals surface area (Å²) in [5.74, 6) is 1.10. The standard InChI is InChI=1S/C12H23NO2/c1-3-11(8-14)13-12(15)10-6-4-9(2)5-7-10/h9-11,14H,3-8H2,1-2H3,(H,13,15)/t9?,10?,11-/m1/s1. The van der Waals surface area contributed by atoms with Gasteiger partial charge in [-0.15, -0.1) is 0 Å². The summed E-state index contributed by atoms with van der Waals surface area (Å²) in [4.78, 5) is 11.8. The summed E-state index contributed by atoms with van der Waals surface area (Å²) < 4.78 is 0. The number of rotatable bonds is 4. The highest BCUT2D eigenvalue weighted by molar-refractivity contribution is 5.79. The van der Waals surface area contributed by atoms with Gasteiger partial charge in [-0.25, -0.2) is 0 Å². The Morgan fingerprint density at radius 1 is 1.40 bits per heavy atom. The van der Waals surface area contributed by atoms with Crippen molar-refractivity contribution in [2.24, 2.45) is 11.8 Å². The summed E-state index contributed by atoms with van der Waals surface area (Å²) >= 11 is 0. The van der Waals surface area contributed by atoms with E-state index in [4.69, 9.17) is 5.11 Å². The number of aliphatic hydroxyl groups excluding tert-OH is 1. The van der Waals surface area contributed by atoms with E-state index >= 15 is 0 Å². The van der Waals surface area contributed by atoms with Crippen LogP contribution in [0.2, 0.25) is 0 Å². The third-order valence-corrected chi connectivity index (χ3v) is 3.45. The molecule has 1 aliphatic carbocycles. The average Bonchev–Trinajstić information content (AvgIpc) is 2.26. The Hall–Kier alpha value is -0.570. The van der Waals surface area contributed by atoms with Crippen molar-refractivity contribution < 1.29 is 9.90 Å². The van der Waals surface area contributed by atoms with Gasteiger partial charge in [-0.3, -0.25) is 4.79 Å². The van der Waals surface area contributed by atoms with E-state index in [-0.39, 0.29) is 24.5 Å². The van der Waals surface area contributed by atoms with Crippen molar-refractivity contribution in [1.29, 1.82) is 0 Å². The lowest BCUT2D eigenvalue weighted by Gasteiger charge is -2.26. The molecule has 0 saturated heterocycles. The van der Waals surface area contributed by atoms with Crippen molar-refractivity contribution in [3.63, 3.8) is 0 Å². The zero-order chi connectivity index (χ0) is 11.3. The summed E-state index contributed by atoms with van der Waals surface area (Å²) in [5.41, 5.74) is 0. The number of hydrogen-bond donors (Lipinski definition) is 2. The van der Waals surface area contributed by atoms with Crippen molar-refractivity contribution in [3.8, 4) is 0 Å². The minimum absolute atomic E-state index is 0.0470. The van der Waals surface area contributed by atoms with E-state index in [1.165, 1.54) is 0 Å². The Balaban J connectivity index is 2.33. The Morgan fingerprint density at radius 3 is 2.47 bits per heavy atom. The number of aliphatic hydroxyl groups is 1. The van der Waals surface area contributed by atoms with Gasteiger partial charge in [-0.05, 0) is 38.0 Å². The molecule has 0 spiro atoms. The van der Waals surface area contributed by atoms with Crippen molar-refractivity contribution in [3.05, 3.63) is 0 Å². The third kappa shape index (κ3) is 3.82. The van der Waals surface area contributed by atoms with E-state index in [1.54, 1.807) is 0 Å². The van der Waals surface area contributed by atoms with Gasteiger partial charge in [0.2, 0.25) is 5.91 Å². The first-order chi connectivity index (χ1) is 7.17. The first-order valence-electron chi connectivity index (χ1n) is 6.08. The fourth-order valence-corrected chi connectivity index (χ4v) is 2.12. The Bertz CT molecular complexity index is 194. The van der Waals surface area contributed by atoms with E-state index in [1.807, 2.05) is 6.92 Å². The summed E-state index contributed by atoms with van der Waals surface area (Å²) in [7, 11) is 0. The van der Waals surface area contributed by atoms with Crippen LogP contribution in [0.15, 0.2) is 0 Å². The maximum Gasteiger partial charge on any atom is 0.223 e. The molecule has 1 atom stereocenters. The molecule has 0 unspecified atom stereocenters. The zero-order valence-corrected chi connectivity index (χ0v) is 9.83. The quantitative estimate of drug-likeness (QED) is 0.746. The van der Waals surface area contributed by atoms with Gasteiger partial charge in [0, 0.05) is 5.92 Å². The number of amides is 1. The van der Waals surface area contributed by atoms with E-state index in [2.05, 4.69) is 12.2 Å². The molecule has 1 aliphatic rings. The highest BCUT2D eigenvalue weighted by Crippen LogP contribution is 2.28. The highest BCUT2D eigenvalue weighted by atomic mass is 16.3. The van der Waals surface area contributed by atoms with Crippen LogP contribution in [0.4, 0.5) is 0 Å². The number of hydrogen-bond acceptors (Lipinski definition) is 2. The van der Waals surface area contributed by atoms with E-state index in [0.29, 0.717) is 0 Å². The van der Waals surface area contributed by atoms with Crippen LogP contribution in [0, 0.1) is 11.8 Å². The van der Waals surface area contributed by atoms with Gasteiger partial charge in [0.1, 0.15) is 0 Å². The number of nitrogens with one attached hydrogen (secondary N) is 1. The van der Waals surface area contributed by atoms with Gasteiger partial charge in [-0.1, -0.05) is 13.8 Å². The smallest absolute Gasteiger partial charge is 0.223 e. The van der Waals surface area contributed by atoms with Crippen LogP contribution in [-0.2, 0) is 4.79 Å². The molecule has 0 aromatic carbocycles. The van der Waals surface area contributed by atoms with Gasteiger partial charge in [0.25, 0.3) is 0 Å². The van der Waals surface area contributed by atoms with Crippen molar-refractivity contribution >= 4 is 5.91 Å². The predicted molar refractivity (Wildman–Crippen MR) is 60.4 cm³/mol. The fraction of sp³-hybridized carbons (Fsp3) is 0.917. The molecule has 2 N–H and O–H groups in total. The second-order valence-electron chi connectivity index (χ2n) is 4.75. The maximum atomic E-state index is 11.8. The zero-order valence-electron chi connectivity index (χ0n) is 9.83. The lowest BCUT2D eigenvalue weighted by molar-refractivity contribution is -0.127. The molecule has 1 fully saturated rings. The summed E-state index contributed by atoms with van der Waals surface area (Å²) in [6.45, 7) is 4.27. The summed E-state index contributed by atoms with van der Waals surface area (Å²) in [6, 6.07) is -0.0585. The van der Waals surface area contributed by atoms with Crippen LogP contribution in [0.3, 0.4) is 0 Å². The molecule has 0 heterocycles. The van der Waals surface area contributed by atoms with Gasteiger partial charge in [0.05, 0.1) is 12.6 Å². The Kier molecular flexibility index (Phi) is 5.09. The van der Waals surface area contributed by atoms with Crippen molar-refractivity contribution in [1.82, 2.24) is 5.32 Å². The first kappa shape index (κ1) is 12.5. The first-order valence-corrected chi connectivity index (χ1v) is 6.08. The second kappa shape index (κ2) is 6.11. The van der Waals surface area contributed by atoms with E-state index in [0.717, 1.165) is 38.0 Å².